The molecule has 0 saturated carbocycles. The first-order valence-corrected chi connectivity index (χ1v) is 9.35. The fourth-order valence-electron chi connectivity index (χ4n) is 3.44. The molecule has 1 aliphatic heterocycles. The second-order valence-corrected chi connectivity index (χ2v) is 7.09. The summed E-state index contributed by atoms with van der Waals surface area (Å²) in [5.74, 6) is 0.796. The number of nitrogens with one attached hydrogen (secondary N) is 1. The van der Waals surface area contributed by atoms with E-state index in [1.807, 2.05) is 29.2 Å². The maximum atomic E-state index is 12.8. The topological polar surface area (TPSA) is 58.9 Å². The molecule has 1 fully saturated rings. The number of likely N-dealkylation sites (tertiary alicyclic amines) is 1. The Kier molecular flexibility index (Phi) is 4.90. The van der Waals surface area contributed by atoms with Gasteiger partial charge in [-0.05, 0) is 43.2 Å². The second kappa shape index (κ2) is 7.48. The summed E-state index contributed by atoms with van der Waals surface area (Å²) in [5.41, 5.74) is 2.26. The van der Waals surface area contributed by atoms with Gasteiger partial charge in [0.15, 0.2) is 5.69 Å². The quantitative estimate of drug-likeness (QED) is 0.744. The van der Waals surface area contributed by atoms with Crippen LogP contribution in [0.25, 0.3) is 5.52 Å². The third-order valence-corrected chi connectivity index (χ3v) is 5.13. The molecular formula is C20H21ClN4O2. The molecule has 27 heavy (non-hydrogen) atoms. The zero-order chi connectivity index (χ0) is 18.8. The lowest BCUT2D eigenvalue weighted by Crippen LogP contribution is -2.42. The zero-order valence-corrected chi connectivity index (χ0v) is 15.8. The van der Waals surface area contributed by atoms with E-state index in [0.29, 0.717) is 29.8 Å². The number of methoxy groups -OCH3 is 1. The molecule has 1 aromatic carbocycles. The molecule has 4 rings (SSSR count). The predicted octanol–water partition coefficient (Wildman–Crippen LogP) is 3.71. The molecule has 140 valence electrons. The molecule has 2 aromatic heterocycles. The van der Waals surface area contributed by atoms with Crippen LogP contribution in [0, 0.1) is 0 Å². The molecule has 1 aliphatic rings. The first-order chi connectivity index (χ1) is 13.1. The Morgan fingerprint density at radius 3 is 2.78 bits per heavy atom. The lowest BCUT2D eigenvalue weighted by Gasteiger charge is -2.32. The summed E-state index contributed by atoms with van der Waals surface area (Å²) in [6.07, 6.45) is 3.52. The summed E-state index contributed by atoms with van der Waals surface area (Å²) in [4.78, 5) is 14.7. The van der Waals surface area contributed by atoms with E-state index in [4.69, 9.17) is 16.3 Å². The van der Waals surface area contributed by atoms with Gasteiger partial charge in [0.25, 0.3) is 5.91 Å². The molecule has 0 radical (unpaired) electrons. The minimum absolute atomic E-state index is 0.0365. The van der Waals surface area contributed by atoms with Gasteiger partial charge in [-0.1, -0.05) is 23.7 Å². The van der Waals surface area contributed by atoms with Crippen LogP contribution in [0.5, 0.6) is 5.75 Å². The van der Waals surface area contributed by atoms with Crippen LogP contribution in [0.3, 0.4) is 0 Å². The highest BCUT2D eigenvalue weighted by atomic mass is 35.5. The van der Waals surface area contributed by atoms with Crippen molar-refractivity contribution in [3.63, 3.8) is 0 Å². The maximum absolute atomic E-state index is 12.8. The average molecular weight is 385 g/mol. The minimum Gasteiger partial charge on any atom is -0.495 e. The monoisotopic (exact) mass is 384 g/mol. The minimum atomic E-state index is -0.0365. The number of benzene rings is 1. The van der Waals surface area contributed by atoms with Gasteiger partial charge in [-0.15, -0.1) is 0 Å². The number of aromatic nitrogens is 2. The van der Waals surface area contributed by atoms with E-state index in [1.54, 1.807) is 36.0 Å². The Bertz CT molecular complexity index is 964. The molecular weight excluding hydrogens is 364 g/mol. The van der Waals surface area contributed by atoms with Gasteiger partial charge in [-0.25, -0.2) is 4.52 Å². The standard InChI is InChI=1S/C20H21ClN4O2/c1-27-19-5-3-2-4-17(19)22-15-7-9-24(10-8-15)20(26)18-13-16-12-14(21)6-11-25(16)23-18/h2-6,11-13,15,22H,7-10H2,1H3. The summed E-state index contributed by atoms with van der Waals surface area (Å²) in [6.45, 7) is 1.39. The Morgan fingerprint density at radius 2 is 2.00 bits per heavy atom. The summed E-state index contributed by atoms with van der Waals surface area (Å²) >= 11 is 6.01. The van der Waals surface area contributed by atoms with E-state index >= 15 is 0 Å². The number of carbonyl (C=O) groups excluding carboxylic acids is 1. The highest BCUT2D eigenvalue weighted by Gasteiger charge is 2.25. The van der Waals surface area contributed by atoms with Crippen LogP contribution >= 0.6 is 11.6 Å². The molecule has 0 atom stereocenters. The Morgan fingerprint density at radius 1 is 1.22 bits per heavy atom. The van der Waals surface area contributed by atoms with E-state index in [-0.39, 0.29) is 5.91 Å². The van der Waals surface area contributed by atoms with Gasteiger partial charge >= 0.3 is 0 Å². The van der Waals surface area contributed by atoms with Crippen molar-refractivity contribution in [2.24, 2.45) is 0 Å². The number of hydrogen-bond donors (Lipinski definition) is 1. The number of carbonyl (C=O) groups is 1. The van der Waals surface area contributed by atoms with Gasteiger partial charge in [0.2, 0.25) is 0 Å². The number of piperidine rings is 1. The summed E-state index contributed by atoms with van der Waals surface area (Å²) in [7, 11) is 1.67. The smallest absolute Gasteiger partial charge is 0.274 e. The maximum Gasteiger partial charge on any atom is 0.274 e. The van der Waals surface area contributed by atoms with Gasteiger partial charge < -0.3 is 15.0 Å². The second-order valence-electron chi connectivity index (χ2n) is 6.66. The van der Waals surface area contributed by atoms with Crippen molar-refractivity contribution in [3.05, 3.63) is 59.4 Å². The highest BCUT2D eigenvalue weighted by Crippen LogP contribution is 2.26. The number of pyridine rings is 1. The summed E-state index contributed by atoms with van der Waals surface area (Å²) < 4.78 is 7.07. The van der Waals surface area contributed by atoms with E-state index in [9.17, 15) is 4.79 Å². The van der Waals surface area contributed by atoms with Crippen LogP contribution in [0.4, 0.5) is 5.69 Å². The van der Waals surface area contributed by atoms with Crippen molar-refractivity contribution in [3.8, 4) is 5.75 Å². The van der Waals surface area contributed by atoms with Gasteiger partial charge in [-0.3, -0.25) is 4.79 Å². The highest BCUT2D eigenvalue weighted by molar-refractivity contribution is 6.30. The lowest BCUT2D eigenvalue weighted by molar-refractivity contribution is 0.0712. The van der Waals surface area contributed by atoms with Crippen molar-refractivity contribution in [2.75, 3.05) is 25.5 Å². The Hall–Kier alpha value is -2.73. The van der Waals surface area contributed by atoms with Crippen molar-refractivity contribution < 1.29 is 9.53 Å². The normalized spacial score (nSPS) is 15.1. The number of fused-ring (bicyclic) bond motifs is 1. The van der Waals surface area contributed by atoms with Crippen LogP contribution in [0.15, 0.2) is 48.7 Å². The van der Waals surface area contributed by atoms with Crippen LogP contribution in [-0.4, -0.2) is 46.7 Å². The van der Waals surface area contributed by atoms with Crippen molar-refractivity contribution in [1.29, 1.82) is 0 Å². The van der Waals surface area contributed by atoms with Crippen molar-refractivity contribution in [1.82, 2.24) is 14.5 Å². The third-order valence-electron chi connectivity index (χ3n) is 4.89. The molecule has 1 N–H and O–H groups in total. The fraction of sp³-hybridized carbons (Fsp3) is 0.300. The predicted molar refractivity (Wildman–Crippen MR) is 106 cm³/mol. The molecule has 0 bridgehead atoms. The Labute approximate surface area is 162 Å². The number of hydrogen-bond acceptors (Lipinski definition) is 4. The molecule has 7 heteroatoms. The van der Waals surface area contributed by atoms with Gasteiger partial charge in [0.1, 0.15) is 5.75 Å². The van der Waals surface area contributed by atoms with E-state index < -0.39 is 0 Å². The molecule has 0 unspecified atom stereocenters. The van der Waals surface area contributed by atoms with Crippen LogP contribution < -0.4 is 10.1 Å². The van der Waals surface area contributed by atoms with Crippen LogP contribution in [0.1, 0.15) is 23.3 Å². The molecule has 0 spiro atoms. The summed E-state index contributed by atoms with van der Waals surface area (Å²) in [5, 5.41) is 8.53. The first kappa shape index (κ1) is 17.7. The summed E-state index contributed by atoms with van der Waals surface area (Å²) in [6, 6.07) is 13.5. The van der Waals surface area contributed by atoms with Crippen LogP contribution in [-0.2, 0) is 0 Å². The largest absolute Gasteiger partial charge is 0.495 e. The number of para-hydroxylation sites is 2. The number of nitrogens with zero attached hydrogens (tertiary/aromatic N) is 3. The van der Waals surface area contributed by atoms with Gasteiger partial charge in [-0.2, -0.15) is 5.10 Å². The number of halogens is 1. The number of ether oxygens (including phenoxy) is 1. The van der Waals surface area contributed by atoms with Crippen molar-refractivity contribution >= 4 is 28.7 Å². The van der Waals surface area contributed by atoms with E-state index in [1.165, 1.54) is 0 Å². The zero-order valence-electron chi connectivity index (χ0n) is 15.1. The van der Waals surface area contributed by atoms with Crippen molar-refractivity contribution in [2.45, 2.75) is 18.9 Å². The SMILES string of the molecule is COc1ccccc1NC1CCN(C(=O)c2cc3cc(Cl)ccn3n2)CC1. The van der Waals surface area contributed by atoms with Gasteiger partial charge in [0, 0.05) is 30.4 Å². The molecule has 0 aliphatic carbocycles. The van der Waals surface area contributed by atoms with E-state index in [2.05, 4.69) is 10.4 Å². The molecule has 6 nitrogen and oxygen atoms in total. The van der Waals surface area contributed by atoms with Crippen LogP contribution in [0.2, 0.25) is 5.02 Å². The Balaban J connectivity index is 1.40. The first-order valence-electron chi connectivity index (χ1n) is 8.98. The fourth-order valence-corrected chi connectivity index (χ4v) is 3.61. The molecule has 3 aromatic rings. The molecule has 1 saturated heterocycles. The number of amides is 1. The lowest BCUT2D eigenvalue weighted by atomic mass is 10.0. The third kappa shape index (κ3) is 3.71. The number of rotatable bonds is 4. The molecule has 3 heterocycles. The average Bonchev–Trinajstić information content (AvgIpc) is 3.11. The van der Waals surface area contributed by atoms with E-state index in [0.717, 1.165) is 29.8 Å². The molecule has 1 amide bonds. The number of anilines is 1. The van der Waals surface area contributed by atoms with Gasteiger partial charge in [0.05, 0.1) is 18.3 Å².